The Bertz CT molecular complexity index is 301. The van der Waals surface area contributed by atoms with Crippen molar-refractivity contribution in [3.63, 3.8) is 0 Å². The molecule has 0 spiro atoms. The summed E-state index contributed by atoms with van der Waals surface area (Å²) in [7, 11) is 0. The smallest absolute Gasteiger partial charge is 0.0953 e. The van der Waals surface area contributed by atoms with Crippen LogP contribution in [0.4, 0.5) is 0 Å². The molecule has 1 rings (SSSR count). The summed E-state index contributed by atoms with van der Waals surface area (Å²) in [5.41, 5.74) is 1.36. The molecule has 0 aromatic carbocycles. The van der Waals surface area contributed by atoms with Gasteiger partial charge in [-0.25, -0.2) is 4.98 Å². The Hall–Kier alpha value is -0.410. The minimum Gasteiger partial charge on any atom is -0.393 e. The van der Waals surface area contributed by atoms with E-state index >= 15 is 0 Å². The zero-order valence-electron chi connectivity index (χ0n) is 10.1. The van der Waals surface area contributed by atoms with Crippen LogP contribution in [0.1, 0.15) is 44.3 Å². The van der Waals surface area contributed by atoms with E-state index in [1.165, 1.54) is 0 Å². The Balaban J connectivity index is 2.33. The van der Waals surface area contributed by atoms with Crippen LogP contribution in [-0.4, -0.2) is 16.2 Å². The van der Waals surface area contributed by atoms with Gasteiger partial charge in [-0.05, 0) is 25.2 Å². The van der Waals surface area contributed by atoms with Gasteiger partial charge in [-0.15, -0.1) is 11.3 Å². The van der Waals surface area contributed by atoms with Crippen molar-refractivity contribution in [2.75, 3.05) is 0 Å². The van der Waals surface area contributed by atoms with E-state index < -0.39 is 0 Å². The fraction of sp³-hybridized carbons (Fsp3) is 0.750. The SMILES string of the molecule is Cc1csc(CC(O)CCC(C)(C)C)n1. The summed E-state index contributed by atoms with van der Waals surface area (Å²) in [6.45, 7) is 8.59. The molecular weight excluding hydrogens is 206 g/mol. The molecule has 1 N–H and O–H groups in total. The number of aryl methyl sites for hydroxylation is 1. The van der Waals surface area contributed by atoms with Gasteiger partial charge < -0.3 is 5.11 Å². The summed E-state index contributed by atoms with van der Waals surface area (Å²) in [4.78, 5) is 4.35. The van der Waals surface area contributed by atoms with Crippen LogP contribution in [0.15, 0.2) is 5.38 Å². The fourth-order valence-electron chi connectivity index (χ4n) is 1.40. The molecule has 1 aromatic rings. The van der Waals surface area contributed by atoms with Gasteiger partial charge in [0.1, 0.15) is 0 Å². The van der Waals surface area contributed by atoms with Crippen LogP contribution in [0.2, 0.25) is 0 Å². The van der Waals surface area contributed by atoms with Crippen molar-refractivity contribution in [1.29, 1.82) is 0 Å². The molecule has 15 heavy (non-hydrogen) atoms. The van der Waals surface area contributed by atoms with E-state index in [1.54, 1.807) is 11.3 Å². The Morgan fingerprint density at radius 1 is 1.47 bits per heavy atom. The van der Waals surface area contributed by atoms with Gasteiger partial charge in [0.15, 0.2) is 0 Å². The zero-order chi connectivity index (χ0) is 11.5. The van der Waals surface area contributed by atoms with Crippen LogP contribution in [-0.2, 0) is 6.42 Å². The Morgan fingerprint density at radius 2 is 2.13 bits per heavy atom. The van der Waals surface area contributed by atoms with Gasteiger partial charge in [0.25, 0.3) is 0 Å². The molecule has 2 nitrogen and oxygen atoms in total. The first kappa shape index (κ1) is 12.7. The van der Waals surface area contributed by atoms with E-state index in [1.807, 2.05) is 12.3 Å². The van der Waals surface area contributed by atoms with Crippen LogP contribution >= 0.6 is 11.3 Å². The minimum atomic E-state index is -0.241. The highest BCUT2D eigenvalue weighted by Crippen LogP contribution is 2.23. The van der Waals surface area contributed by atoms with Crippen LogP contribution in [0, 0.1) is 12.3 Å². The van der Waals surface area contributed by atoms with E-state index in [9.17, 15) is 5.11 Å². The first-order chi connectivity index (χ1) is 6.87. The molecule has 3 heteroatoms. The molecule has 0 aliphatic heterocycles. The van der Waals surface area contributed by atoms with Crippen molar-refractivity contribution >= 4 is 11.3 Å². The zero-order valence-corrected chi connectivity index (χ0v) is 10.9. The predicted octanol–water partition coefficient (Wildman–Crippen LogP) is 3.18. The number of rotatable bonds is 4. The largest absolute Gasteiger partial charge is 0.393 e. The number of nitrogens with zero attached hydrogens (tertiary/aromatic N) is 1. The van der Waals surface area contributed by atoms with E-state index in [4.69, 9.17) is 0 Å². The Kier molecular flexibility index (Phi) is 4.29. The quantitative estimate of drug-likeness (QED) is 0.857. The van der Waals surface area contributed by atoms with Crippen molar-refractivity contribution in [2.24, 2.45) is 5.41 Å². The number of hydrogen-bond donors (Lipinski definition) is 1. The van der Waals surface area contributed by atoms with Crippen LogP contribution in [0.25, 0.3) is 0 Å². The molecule has 0 bridgehead atoms. The lowest BCUT2D eigenvalue weighted by atomic mass is 9.89. The molecule has 0 fully saturated rings. The van der Waals surface area contributed by atoms with E-state index in [-0.39, 0.29) is 6.10 Å². The van der Waals surface area contributed by atoms with Crippen molar-refractivity contribution in [2.45, 2.75) is 53.1 Å². The molecule has 1 atom stereocenters. The second-order valence-electron chi connectivity index (χ2n) is 5.34. The topological polar surface area (TPSA) is 33.1 Å². The van der Waals surface area contributed by atoms with E-state index in [2.05, 4.69) is 25.8 Å². The third-order valence-electron chi connectivity index (χ3n) is 2.30. The Labute approximate surface area is 96.4 Å². The maximum atomic E-state index is 9.84. The molecule has 86 valence electrons. The number of thiazole rings is 1. The minimum absolute atomic E-state index is 0.241. The first-order valence-electron chi connectivity index (χ1n) is 5.46. The van der Waals surface area contributed by atoms with Gasteiger partial charge in [-0.1, -0.05) is 20.8 Å². The third-order valence-corrected chi connectivity index (χ3v) is 3.29. The molecule has 0 aliphatic rings. The molecule has 0 aliphatic carbocycles. The number of hydrogen-bond acceptors (Lipinski definition) is 3. The highest BCUT2D eigenvalue weighted by atomic mass is 32.1. The summed E-state index contributed by atoms with van der Waals surface area (Å²) in [6.07, 6.45) is 2.38. The second-order valence-corrected chi connectivity index (χ2v) is 6.28. The molecule has 0 saturated carbocycles. The monoisotopic (exact) mass is 227 g/mol. The van der Waals surface area contributed by atoms with E-state index in [0.29, 0.717) is 11.8 Å². The second kappa shape index (κ2) is 5.08. The fourth-order valence-corrected chi connectivity index (χ4v) is 2.24. The lowest BCUT2D eigenvalue weighted by Crippen LogP contribution is -2.15. The normalized spacial score (nSPS) is 14.2. The van der Waals surface area contributed by atoms with Crippen molar-refractivity contribution in [3.05, 3.63) is 16.1 Å². The molecule has 0 amide bonds. The van der Waals surface area contributed by atoms with Crippen molar-refractivity contribution in [1.82, 2.24) is 4.98 Å². The molecular formula is C12H21NOS. The van der Waals surface area contributed by atoms with Gasteiger partial charge in [0, 0.05) is 17.5 Å². The lowest BCUT2D eigenvalue weighted by Gasteiger charge is -2.19. The summed E-state index contributed by atoms with van der Waals surface area (Å²) < 4.78 is 0. The highest BCUT2D eigenvalue weighted by molar-refractivity contribution is 7.09. The van der Waals surface area contributed by atoms with E-state index in [0.717, 1.165) is 23.5 Å². The molecule has 0 radical (unpaired) electrons. The van der Waals surface area contributed by atoms with Gasteiger partial charge in [0.2, 0.25) is 0 Å². The standard InChI is InChI=1S/C12H21NOS/c1-9-8-15-11(13-9)7-10(14)5-6-12(2,3)4/h8,10,14H,5-7H2,1-4H3. The molecule has 1 unspecified atom stereocenters. The van der Waals surface area contributed by atoms with Crippen LogP contribution < -0.4 is 0 Å². The van der Waals surface area contributed by atoms with Gasteiger partial charge in [0.05, 0.1) is 11.1 Å². The van der Waals surface area contributed by atoms with Crippen LogP contribution in [0.3, 0.4) is 0 Å². The third kappa shape index (κ3) is 5.28. The maximum Gasteiger partial charge on any atom is 0.0953 e. The maximum absolute atomic E-state index is 9.84. The Morgan fingerprint density at radius 3 is 2.60 bits per heavy atom. The predicted molar refractivity (Wildman–Crippen MR) is 65.3 cm³/mol. The van der Waals surface area contributed by atoms with Crippen LogP contribution in [0.5, 0.6) is 0 Å². The summed E-state index contributed by atoms with van der Waals surface area (Å²) >= 11 is 1.64. The summed E-state index contributed by atoms with van der Waals surface area (Å²) in [5, 5.41) is 12.9. The molecule has 1 heterocycles. The van der Waals surface area contributed by atoms with Gasteiger partial charge >= 0.3 is 0 Å². The van der Waals surface area contributed by atoms with Crippen molar-refractivity contribution < 1.29 is 5.11 Å². The lowest BCUT2D eigenvalue weighted by molar-refractivity contribution is 0.145. The summed E-state index contributed by atoms with van der Waals surface area (Å²) in [6, 6.07) is 0. The average Bonchev–Trinajstić information content (AvgIpc) is 2.47. The van der Waals surface area contributed by atoms with Gasteiger partial charge in [-0.2, -0.15) is 0 Å². The average molecular weight is 227 g/mol. The molecule has 1 aromatic heterocycles. The van der Waals surface area contributed by atoms with Gasteiger partial charge in [-0.3, -0.25) is 0 Å². The van der Waals surface area contributed by atoms with Crippen molar-refractivity contribution in [3.8, 4) is 0 Å². The molecule has 0 saturated heterocycles. The first-order valence-corrected chi connectivity index (χ1v) is 6.34. The highest BCUT2D eigenvalue weighted by Gasteiger charge is 2.14. The number of aliphatic hydroxyl groups is 1. The number of aromatic nitrogens is 1. The summed E-state index contributed by atoms with van der Waals surface area (Å²) in [5.74, 6) is 0. The number of aliphatic hydroxyl groups excluding tert-OH is 1.